The highest BCUT2D eigenvalue weighted by Gasteiger charge is 2.38. The van der Waals surface area contributed by atoms with Crippen molar-refractivity contribution in [3.8, 4) is 0 Å². The van der Waals surface area contributed by atoms with Gasteiger partial charge in [0.25, 0.3) is 0 Å². The van der Waals surface area contributed by atoms with Crippen molar-refractivity contribution in [1.29, 1.82) is 0 Å². The first kappa shape index (κ1) is 15.7. The summed E-state index contributed by atoms with van der Waals surface area (Å²) in [5.74, 6) is 0.233. The molecule has 0 aromatic heterocycles. The molecule has 2 N–H and O–H groups in total. The van der Waals surface area contributed by atoms with Crippen LogP contribution in [0.4, 0.5) is 0 Å². The Kier molecular flexibility index (Phi) is 4.71. The zero-order valence-electron chi connectivity index (χ0n) is 12.3. The number of hydrogen-bond acceptors (Lipinski definition) is 4. The zero-order chi connectivity index (χ0) is 14.8. The van der Waals surface area contributed by atoms with E-state index in [9.17, 15) is 13.2 Å². The first-order valence-electron chi connectivity index (χ1n) is 7.28. The van der Waals surface area contributed by atoms with Crippen molar-refractivity contribution < 1.29 is 13.2 Å². The largest absolute Gasteiger partial charge is 0.342 e. The van der Waals surface area contributed by atoms with E-state index in [4.69, 9.17) is 0 Å². The highest BCUT2D eigenvalue weighted by Crippen LogP contribution is 2.31. The van der Waals surface area contributed by atoms with Crippen molar-refractivity contribution in [1.82, 2.24) is 14.9 Å². The van der Waals surface area contributed by atoms with Crippen LogP contribution >= 0.6 is 0 Å². The fourth-order valence-corrected chi connectivity index (χ4v) is 3.92. The number of piperidine rings is 2. The van der Waals surface area contributed by atoms with Crippen LogP contribution in [0, 0.1) is 5.41 Å². The van der Waals surface area contributed by atoms with Gasteiger partial charge in [0.05, 0.1) is 6.26 Å². The summed E-state index contributed by atoms with van der Waals surface area (Å²) in [6.45, 7) is 5.14. The van der Waals surface area contributed by atoms with Crippen molar-refractivity contribution in [2.24, 2.45) is 5.41 Å². The number of nitrogens with zero attached hydrogens (tertiary/aromatic N) is 1. The van der Waals surface area contributed by atoms with Gasteiger partial charge in [-0.15, -0.1) is 0 Å². The molecule has 2 saturated heterocycles. The number of sulfonamides is 1. The summed E-state index contributed by atoms with van der Waals surface area (Å²) in [5, 5.41) is 3.28. The molecule has 2 fully saturated rings. The number of rotatable bonds is 3. The summed E-state index contributed by atoms with van der Waals surface area (Å²) >= 11 is 0. The Morgan fingerprint density at radius 1 is 1.25 bits per heavy atom. The fraction of sp³-hybridized carbons (Fsp3) is 0.923. The Morgan fingerprint density at radius 3 is 2.30 bits per heavy atom. The highest BCUT2D eigenvalue weighted by molar-refractivity contribution is 7.88. The molecule has 2 aliphatic rings. The second-order valence-corrected chi connectivity index (χ2v) is 8.05. The van der Waals surface area contributed by atoms with Crippen LogP contribution in [0.15, 0.2) is 0 Å². The van der Waals surface area contributed by atoms with Gasteiger partial charge in [-0.1, -0.05) is 6.92 Å². The van der Waals surface area contributed by atoms with E-state index in [1.807, 2.05) is 4.90 Å². The third-order valence-corrected chi connectivity index (χ3v) is 5.15. The van der Waals surface area contributed by atoms with E-state index in [0.717, 1.165) is 25.9 Å². The molecule has 0 aromatic carbocycles. The van der Waals surface area contributed by atoms with Crippen LogP contribution in [0.5, 0.6) is 0 Å². The third kappa shape index (κ3) is 3.93. The molecule has 1 amide bonds. The van der Waals surface area contributed by atoms with Crippen LogP contribution in [-0.4, -0.2) is 57.7 Å². The van der Waals surface area contributed by atoms with Crippen LogP contribution in [0.2, 0.25) is 0 Å². The molecule has 2 rings (SSSR count). The van der Waals surface area contributed by atoms with Gasteiger partial charge in [0.1, 0.15) is 0 Å². The summed E-state index contributed by atoms with van der Waals surface area (Å²) in [6, 6.07) is -0.0325. The molecular weight excluding hydrogens is 278 g/mol. The van der Waals surface area contributed by atoms with Gasteiger partial charge < -0.3 is 10.2 Å². The minimum atomic E-state index is -3.16. The Balaban J connectivity index is 1.88. The fourth-order valence-electron chi connectivity index (χ4n) is 3.08. The van der Waals surface area contributed by atoms with Crippen LogP contribution in [0.3, 0.4) is 0 Å². The lowest BCUT2D eigenvalue weighted by Crippen LogP contribution is -2.52. The maximum atomic E-state index is 12.6. The smallest absolute Gasteiger partial charge is 0.228 e. The highest BCUT2D eigenvalue weighted by atomic mass is 32.2. The van der Waals surface area contributed by atoms with Gasteiger partial charge in [0.15, 0.2) is 0 Å². The van der Waals surface area contributed by atoms with Gasteiger partial charge in [-0.05, 0) is 38.8 Å². The topological polar surface area (TPSA) is 78.5 Å². The van der Waals surface area contributed by atoms with E-state index in [-0.39, 0.29) is 17.4 Å². The van der Waals surface area contributed by atoms with Gasteiger partial charge in [-0.2, -0.15) is 0 Å². The van der Waals surface area contributed by atoms with Crippen molar-refractivity contribution >= 4 is 15.9 Å². The van der Waals surface area contributed by atoms with E-state index in [2.05, 4.69) is 17.0 Å². The Labute approximate surface area is 121 Å². The second kappa shape index (κ2) is 5.99. The van der Waals surface area contributed by atoms with Gasteiger partial charge >= 0.3 is 0 Å². The van der Waals surface area contributed by atoms with Gasteiger partial charge in [-0.3, -0.25) is 4.79 Å². The first-order chi connectivity index (χ1) is 9.30. The quantitative estimate of drug-likeness (QED) is 0.764. The molecule has 6 nitrogen and oxygen atoms in total. The molecule has 0 radical (unpaired) electrons. The number of hydrogen-bond donors (Lipinski definition) is 2. The van der Waals surface area contributed by atoms with E-state index in [1.54, 1.807) is 0 Å². The summed E-state index contributed by atoms with van der Waals surface area (Å²) in [4.78, 5) is 14.5. The normalized spacial score (nSPS) is 24.6. The molecule has 0 aliphatic carbocycles. The average molecular weight is 303 g/mol. The zero-order valence-corrected chi connectivity index (χ0v) is 13.1. The molecule has 0 unspecified atom stereocenters. The van der Waals surface area contributed by atoms with E-state index < -0.39 is 10.0 Å². The lowest BCUT2D eigenvalue weighted by molar-refractivity contribution is -0.143. The van der Waals surface area contributed by atoms with Crippen molar-refractivity contribution in [3.63, 3.8) is 0 Å². The second-order valence-electron chi connectivity index (χ2n) is 6.27. The van der Waals surface area contributed by atoms with Crippen LogP contribution in [0.25, 0.3) is 0 Å². The Hall–Kier alpha value is -0.660. The molecular formula is C13H25N3O3S. The lowest BCUT2D eigenvalue weighted by atomic mass is 9.79. The Morgan fingerprint density at radius 2 is 1.80 bits per heavy atom. The number of carbonyl (C=O) groups is 1. The predicted octanol–water partition coefficient (Wildman–Crippen LogP) is -0.0837. The van der Waals surface area contributed by atoms with Gasteiger partial charge in [-0.25, -0.2) is 13.1 Å². The minimum absolute atomic E-state index is 0.0325. The first-order valence-corrected chi connectivity index (χ1v) is 9.17. The van der Waals surface area contributed by atoms with Crippen LogP contribution < -0.4 is 10.0 Å². The Bertz CT molecular complexity index is 449. The predicted molar refractivity (Wildman–Crippen MR) is 77.8 cm³/mol. The molecule has 116 valence electrons. The van der Waals surface area contributed by atoms with Gasteiger partial charge in [0.2, 0.25) is 15.9 Å². The average Bonchev–Trinajstić information content (AvgIpc) is 2.38. The van der Waals surface area contributed by atoms with Crippen molar-refractivity contribution in [2.75, 3.05) is 32.4 Å². The molecule has 0 atom stereocenters. The maximum Gasteiger partial charge on any atom is 0.228 e. The number of carbonyl (C=O) groups excluding carboxylic acids is 1. The molecule has 0 bridgehead atoms. The van der Waals surface area contributed by atoms with Crippen LogP contribution in [-0.2, 0) is 14.8 Å². The molecule has 2 aliphatic heterocycles. The van der Waals surface area contributed by atoms with Crippen molar-refractivity contribution in [2.45, 2.75) is 38.6 Å². The summed E-state index contributed by atoms with van der Waals surface area (Å²) in [6.07, 6.45) is 4.35. The maximum absolute atomic E-state index is 12.6. The summed E-state index contributed by atoms with van der Waals surface area (Å²) in [5.41, 5.74) is -0.248. The standard InChI is InChI=1S/C13H25N3O3S/c1-13(5-7-14-8-6-13)12(17)16-9-3-11(4-10-16)15-20(2,18)19/h11,14-15H,3-10H2,1-2H3. The summed E-state index contributed by atoms with van der Waals surface area (Å²) in [7, 11) is -3.16. The summed E-state index contributed by atoms with van der Waals surface area (Å²) < 4.78 is 25.1. The van der Waals surface area contributed by atoms with Gasteiger partial charge in [0, 0.05) is 24.5 Å². The van der Waals surface area contributed by atoms with E-state index in [0.29, 0.717) is 25.9 Å². The van der Waals surface area contributed by atoms with Crippen LogP contribution in [0.1, 0.15) is 32.6 Å². The van der Waals surface area contributed by atoms with E-state index in [1.165, 1.54) is 6.26 Å². The molecule has 2 heterocycles. The molecule has 0 aromatic rings. The monoisotopic (exact) mass is 303 g/mol. The lowest BCUT2D eigenvalue weighted by Gasteiger charge is -2.40. The molecule has 20 heavy (non-hydrogen) atoms. The molecule has 0 spiro atoms. The molecule has 7 heteroatoms. The van der Waals surface area contributed by atoms with E-state index >= 15 is 0 Å². The minimum Gasteiger partial charge on any atom is -0.342 e. The number of likely N-dealkylation sites (tertiary alicyclic amines) is 1. The number of amides is 1. The number of nitrogens with one attached hydrogen (secondary N) is 2. The molecule has 0 saturated carbocycles. The van der Waals surface area contributed by atoms with Crippen molar-refractivity contribution in [3.05, 3.63) is 0 Å². The SMILES string of the molecule is CC1(C(=O)N2CCC(NS(C)(=O)=O)CC2)CCNCC1. The third-order valence-electron chi connectivity index (χ3n) is 4.39.